The number of ether oxygens (including phenoxy) is 1. The van der Waals surface area contributed by atoms with Crippen LogP contribution in [0.15, 0.2) is 11.8 Å². The second-order valence-electron chi connectivity index (χ2n) is 3.34. The number of anilines is 1. The molecule has 0 bridgehead atoms. The highest BCUT2D eigenvalue weighted by Gasteiger charge is 2.08. The fourth-order valence-electron chi connectivity index (χ4n) is 1.27. The molecule has 0 aromatic carbocycles. The Kier molecular flexibility index (Phi) is 3.75. The van der Waals surface area contributed by atoms with Crippen LogP contribution >= 0.6 is 22.9 Å². The number of hydrogen-bond donors (Lipinski definition) is 1. The lowest BCUT2D eigenvalue weighted by molar-refractivity contribution is 0.310. The van der Waals surface area contributed by atoms with Crippen molar-refractivity contribution in [1.82, 2.24) is 15.0 Å². The van der Waals surface area contributed by atoms with Crippen LogP contribution in [0.4, 0.5) is 5.82 Å². The van der Waals surface area contributed by atoms with Gasteiger partial charge in [-0.15, -0.1) is 11.3 Å². The van der Waals surface area contributed by atoms with Crippen LogP contribution in [0.2, 0.25) is 5.02 Å². The molecule has 0 aliphatic heterocycles. The van der Waals surface area contributed by atoms with Gasteiger partial charge in [0.2, 0.25) is 5.88 Å². The van der Waals surface area contributed by atoms with Crippen molar-refractivity contribution in [3.8, 4) is 5.88 Å². The molecule has 0 radical (unpaired) electrons. The van der Waals surface area contributed by atoms with Crippen LogP contribution in [-0.2, 0) is 6.42 Å². The Morgan fingerprint density at radius 2 is 2.24 bits per heavy atom. The summed E-state index contributed by atoms with van der Waals surface area (Å²) in [5.74, 6) is 0.548. The molecule has 0 saturated heterocycles. The lowest BCUT2D eigenvalue weighted by Crippen LogP contribution is -2.04. The van der Waals surface area contributed by atoms with E-state index in [-0.39, 0.29) is 10.8 Å². The molecule has 0 amide bonds. The zero-order valence-electron chi connectivity index (χ0n) is 9.18. The van der Waals surface area contributed by atoms with Crippen LogP contribution < -0.4 is 10.5 Å². The fourth-order valence-corrected chi connectivity index (χ4v) is 2.19. The summed E-state index contributed by atoms with van der Waals surface area (Å²) >= 11 is 7.51. The third-order valence-corrected chi connectivity index (χ3v) is 3.55. The maximum Gasteiger partial charge on any atom is 0.237 e. The molecule has 0 aliphatic rings. The first-order chi connectivity index (χ1) is 8.18. The maximum atomic E-state index is 5.90. The predicted molar refractivity (Wildman–Crippen MR) is 67.5 cm³/mol. The van der Waals surface area contributed by atoms with E-state index in [4.69, 9.17) is 22.1 Å². The second kappa shape index (κ2) is 5.29. The van der Waals surface area contributed by atoms with Gasteiger partial charge in [0.1, 0.15) is 17.2 Å². The maximum absolute atomic E-state index is 5.90. The molecule has 0 atom stereocenters. The molecule has 0 unspecified atom stereocenters. The molecule has 2 N–H and O–H groups in total. The van der Waals surface area contributed by atoms with Gasteiger partial charge in [0.05, 0.1) is 17.8 Å². The van der Waals surface area contributed by atoms with Gasteiger partial charge in [-0.25, -0.2) is 15.0 Å². The van der Waals surface area contributed by atoms with Crippen molar-refractivity contribution < 1.29 is 4.74 Å². The van der Waals surface area contributed by atoms with E-state index in [9.17, 15) is 0 Å². The number of nitrogen functional groups attached to an aromatic ring is 1. The Labute approximate surface area is 108 Å². The van der Waals surface area contributed by atoms with Gasteiger partial charge in [-0.2, -0.15) is 0 Å². The number of nitrogens with zero attached hydrogens (tertiary/aromatic N) is 3. The average Bonchev–Trinajstić information content (AvgIpc) is 2.71. The number of rotatable bonds is 4. The molecule has 17 heavy (non-hydrogen) atoms. The van der Waals surface area contributed by atoms with Crippen LogP contribution in [-0.4, -0.2) is 21.6 Å². The zero-order chi connectivity index (χ0) is 12.3. The molecule has 5 nitrogen and oxygen atoms in total. The molecule has 2 rings (SSSR count). The summed E-state index contributed by atoms with van der Waals surface area (Å²) in [4.78, 5) is 13.0. The summed E-state index contributed by atoms with van der Waals surface area (Å²) < 4.78 is 5.46. The first-order valence-corrected chi connectivity index (χ1v) is 6.22. The number of halogens is 1. The number of thiazole rings is 1. The quantitative estimate of drug-likeness (QED) is 0.921. The van der Waals surface area contributed by atoms with Gasteiger partial charge in [-0.1, -0.05) is 11.6 Å². The SMILES string of the molecule is Cc1ncsc1CCOc1ncnc(N)c1Cl. The minimum absolute atomic E-state index is 0.227. The normalized spacial score (nSPS) is 10.5. The largest absolute Gasteiger partial charge is 0.476 e. The fraction of sp³-hybridized carbons (Fsp3) is 0.300. The molecule has 0 saturated carbocycles. The van der Waals surface area contributed by atoms with Crippen LogP contribution in [0.1, 0.15) is 10.6 Å². The summed E-state index contributed by atoms with van der Waals surface area (Å²) in [6.45, 7) is 2.46. The Morgan fingerprint density at radius 3 is 2.94 bits per heavy atom. The third-order valence-electron chi connectivity index (χ3n) is 2.20. The average molecular weight is 271 g/mol. The van der Waals surface area contributed by atoms with Gasteiger partial charge < -0.3 is 10.5 Å². The summed E-state index contributed by atoms with van der Waals surface area (Å²) in [6, 6.07) is 0. The summed E-state index contributed by atoms with van der Waals surface area (Å²) in [5.41, 5.74) is 8.39. The van der Waals surface area contributed by atoms with Crippen molar-refractivity contribution in [1.29, 1.82) is 0 Å². The molecular formula is C10H11ClN4OS. The van der Waals surface area contributed by atoms with Crippen molar-refractivity contribution in [3.63, 3.8) is 0 Å². The molecule has 90 valence electrons. The highest BCUT2D eigenvalue weighted by atomic mass is 35.5. The van der Waals surface area contributed by atoms with Crippen molar-refractivity contribution in [2.75, 3.05) is 12.3 Å². The van der Waals surface area contributed by atoms with E-state index in [1.165, 1.54) is 11.2 Å². The van der Waals surface area contributed by atoms with E-state index in [2.05, 4.69) is 15.0 Å². The minimum atomic E-state index is 0.227. The second-order valence-corrected chi connectivity index (χ2v) is 4.65. The predicted octanol–water partition coefficient (Wildman–Crippen LogP) is 2.10. The smallest absolute Gasteiger partial charge is 0.237 e. The lowest BCUT2D eigenvalue weighted by Gasteiger charge is -2.06. The first-order valence-electron chi connectivity index (χ1n) is 4.96. The number of hydrogen-bond acceptors (Lipinski definition) is 6. The molecule has 0 aliphatic carbocycles. The minimum Gasteiger partial charge on any atom is -0.476 e. The number of aromatic nitrogens is 3. The van der Waals surface area contributed by atoms with Gasteiger partial charge in [-0.05, 0) is 6.92 Å². The van der Waals surface area contributed by atoms with Gasteiger partial charge in [0, 0.05) is 11.3 Å². The molecule has 2 aromatic rings. The molecule has 7 heteroatoms. The van der Waals surface area contributed by atoms with Gasteiger partial charge in [0.25, 0.3) is 0 Å². The standard InChI is InChI=1S/C10H11ClN4OS/c1-6-7(17-5-15-6)2-3-16-10-8(11)9(12)13-4-14-10/h4-5H,2-3H2,1H3,(H2,12,13,14). The Balaban J connectivity index is 1.95. The summed E-state index contributed by atoms with van der Waals surface area (Å²) in [6.07, 6.45) is 2.10. The van der Waals surface area contributed by atoms with Crippen LogP contribution in [0.3, 0.4) is 0 Å². The topological polar surface area (TPSA) is 73.9 Å². The highest BCUT2D eigenvalue weighted by Crippen LogP contribution is 2.25. The third kappa shape index (κ3) is 2.83. The molecule has 0 spiro atoms. The van der Waals surface area contributed by atoms with Crippen LogP contribution in [0, 0.1) is 6.92 Å². The summed E-state index contributed by atoms with van der Waals surface area (Å²) in [5, 5.41) is 0.258. The number of nitrogens with two attached hydrogens (primary N) is 1. The zero-order valence-corrected chi connectivity index (χ0v) is 10.8. The Hall–Kier alpha value is -1.40. The van der Waals surface area contributed by atoms with E-state index in [1.54, 1.807) is 11.3 Å². The molecule has 2 aromatic heterocycles. The van der Waals surface area contributed by atoms with E-state index in [1.807, 2.05) is 12.4 Å². The van der Waals surface area contributed by atoms with Crippen LogP contribution in [0.5, 0.6) is 5.88 Å². The molecule has 2 heterocycles. The van der Waals surface area contributed by atoms with Crippen molar-refractivity contribution >= 4 is 28.8 Å². The molecule has 0 fully saturated rings. The van der Waals surface area contributed by atoms with E-state index >= 15 is 0 Å². The van der Waals surface area contributed by atoms with Crippen molar-refractivity contribution in [3.05, 3.63) is 27.4 Å². The van der Waals surface area contributed by atoms with Crippen molar-refractivity contribution in [2.24, 2.45) is 0 Å². The molecular weight excluding hydrogens is 260 g/mol. The van der Waals surface area contributed by atoms with Gasteiger partial charge in [-0.3, -0.25) is 0 Å². The van der Waals surface area contributed by atoms with E-state index in [0.717, 1.165) is 12.1 Å². The van der Waals surface area contributed by atoms with Crippen molar-refractivity contribution in [2.45, 2.75) is 13.3 Å². The summed E-state index contributed by atoms with van der Waals surface area (Å²) in [7, 11) is 0. The Bertz CT molecular complexity index is 517. The number of aryl methyl sites for hydroxylation is 1. The van der Waals surface area contributed by atoms with Gasteiger partial charge >= 0.3 is 0 Å². The first kappa shape index (κ1) is 12.1. The van der Waals surface area contributed by atoms with Crippen LogP contribution in [0.25, 0.3) is 0 Å². The lowest BCUT2D eigenvalue weighted by atomic mass is 10.3. The van der Waals surface area contributed by atoms with E-state index < -0.39 is 0 Å². The monoisotopic (exact) mass is 270 g/mol. The van der Waals surface area contributed by atoms with E-state index in [0.29, 0.717) is 12.5 Å². The van der Waals surface area contributed by atoms with Gasteiger partial charge in [0.15, 0.2) is 0 Å². The Morgan fingerprint density at radius 1 is 1.41 bits per heavy atom. The highest BCUT2D eigenvalue weighted by molar-refractivity contribution is 7.09.